The van der Waals surface area contributed by atoms with E-state index in [1.165, 1.54) is 25.7 Å². The third-order valence-corrected chi connectivity index (χ3v) is 4.43. The van der Waals surface area contributed by atoms with Crippen molar-refractivity contribution in [1.29, 1.82) is 0 Å². The third kappa shape index (κ3) is 3.22. The number of nitrogens with one attached hydrogen (secondary N) is 1. The Labute approximate surface area is 102 Å². The van der Waals surface area contributed by atoms with Gasteiger partial charge in [0, 0.05) is 17.5 Å². The zero-order valence-electron chi connectivity index (χ0n) is 9.86. The summed E-state index contributed by atoms with van der Waals surface area (Å²) in [6.07, 6.45) is 7.26. The highest BCUT2D eigenvalue weighted by atomic mass is 32.2. The topological polar surface area (TPSA) is 24.9 Å². The van der Waals surface area contributed by atoms with Crippen molar-refractivity contribution in [1.82, 2.24) is 10.3 Å². The molecule has 2 atom stereocenters. The van der Waals surface area contributed by atoms with Crippen molar-refractivity contribution in [3.8, 4) is 0 Å². The molecule has 0 bridgehead atoms. The van der Waals surface area contributed by atoms with Gasteiger partial charge in [-0.1, -0.05) is 25.8 Å². The maximum Gasteiger partial charge on any atom is 0.0963 e. The molecule has 2 nitrogen and oxygen atoms in total. The molecule has 2 unspecified atom stereocenters. The molecule has 1 aliphatic carbocycles. The summed E-state index contributed by atoms with van der Waals surface area (Å²) < 4.78 is 0. The summed E-state index contributed by atoms with van der Waals surface area (Å²) in [5.41, 5.74) is 0. The van der Waals surface area contributed by atoms with Crippen molar-refractivity contribution in [3.63, 3.8) is 0 Å². The first kappa shape index (κ1) is 11.9. The highest BCUT2D eigenvalue weighted by Crippen LogP contribution is 2.32. The average molecular weight is 236 g/mol. The third-order valence-electron chi connectivity index (χ3n) is 3.08. The minimum atomic E-state index is 0.672. The Balaban J connectivity index is 1.96. The summed E-state index contributed by atoms with van der Waals surface area (Å²) in [5, 5.41) is 5.47. The van der Waals surface area contributed by atoms with Crippen LogP contribution in [0.5, 0.6) is 0 Å². The fourth-order valence-electron chi connectivity index (χ4n) is 2.31. The van der Waals surface area contributed by atoms with E-state index in [0.717, 1.165) is 11.6 Å². The lowest BCUT2D eigenvalue weighted by Crippen LogP contribution is -2.40. The lowest BCUT2D eigenvalue weighted by Gasteiger charge is -2.31. The first-order valence-electron chi connectivity index (χ1n) is 6.21. The van der Waals surface area contributed by atoms with E-state index in [9.17, 15) is 0 Å². The first-order valence-corrected chi connectivity index (χ1v) is 7.09. The molecule has 2 rings (SSSR count). The van der Waals surface area contributed by atoms with Crippen LogP contribution in [0.25, 0.3) is 0 Å². The quantitative estimate of drug-likeness (QED) is 0.869. The van der Waals surface area contributed by atoms with Gasteiger partial charge in [0.1, 0.15) is 0 Å². The van der Waals surface area contributed by atoms with Crippen molar-refractivity contribution in [2.75, 3.05) is 6.54 Å². The molecule has 1 fully saturated rings. The van der Waals surface area contributed by atoms with Gasteiger partial charge in [-0.3, -0.25) is 0 Å². The highest BCUT2D eigenvalue weighted by Gasteiger charge is 2.25. The van der Waals surface area contributed by atoms with E-state index in [1.807, 2.05) is 24.0 Å². The minimum Gasteiger partial charge on any atom is -0.313 e. The van der Waals surface area contributed by atoms with Gasteiger partial charge in [0.15, 0.2) is 0 Å². The summed E-state index contributed by atoms with van der Waals surface area (Å²) >= 11 is 1.94. The van der Waals surface area contributed by atoms with Gasteiger partial charge < -0.3 is 5.32 Å². The van der Waals surface area contributed by atoms with E-state index >= 15 is 0 Å². The van der Waals surface area contributed by atoms with Crippen molar-refractivity contribution in [2.24, 2.45) is 0 Å². The maximum absolute atomic E-state index is 4.40. The number of nitrogens with zero attached hydrogens (tertiary/aromatic N) is 1. The smallest absolute Gasteiger partial charge is 0.0963 e. The Kier molecular flexibility index (Phi) is 4.67. The summed E-state index contributed by atoms with van der Waals surface area (Å²) in [7, 11) is 0. The molecular formula is C13H20N2S. The van der Waals surface area contributed by atoms with Crippen molar-refractivity contribution >= 4 is 11.8 Å². The monoisotopic (exact) mass is 236 g/mol. The molecule has 1 saturated carbocycles. The van der Waals surface area contributed by atoms with Crippen LogP contribution in [-0.4, -0.2) is 22.8 Å². The molecule has 0 saturated heterocycles. The summed E-state index contributed by atoms with van der Waals surface area (Å²) in [6.45, 7) is 3.26. The molecule has 0 radical (unpaired) electrons. The molecule has 0 spiro atoms. The summed E-state index contributed by atoms with van der Waals surface area (Å²) in [5.74, 6) is 0. The van der Waals surface area contributed by atoms with Crippen LogP contribution in [0, 0.1) is 0 Å². The fraction of sp³-hybridized carbons (Fsp3) is 0.615. The van der Waals surface area contributed by atoms with Gasteiger partial charge in [-0.15, -0.1) is 11.8 Å². The SMILES string of the molecule is CCNC1CCCCC1Sc1ccccn1. The van der Waals surface area contributed by atoms with E-state index in [4.69, 9.17) is 0 Å². The zero-order chi connectivity index (χ0) is 11.2. The molecule has 0 aromatic carbocycles. The molecule has 0 aliphatic heterocycles. The molecule has 16 heavy (non-hydrogen) atoms. The van der Waals surface area contributed by atoms with Gasteiger partial charge >= 0.3 is 0 Å². The normalized spacial score (nSPS) is 25.6. The van der Waals surface area contributed by atoms with Crippen molar-refractivity contribution in [3.05, 3.63) is 24.4 Å². The second-order valence-electron chi connectivity index (χ2n) is 4.27. The van der Waals surface area contributed by atoms with E-state index in [0.29, 0.717) is 11.3 Å². The lowest BCUT2D eigenvalue weighted by molar-refractivity contribution is 0.390. The van der Waals surface area contributed by atoms with Crippen molar-refractivity contribution in [2.45, 2.75) is 48.9 Å². The second-order valence-corrected chi connectivity index (χ2v) is 5.53. The van der Waals surface area contributed by atoms with Gasteiger partial charge in [0.25, 0.3) is 0 Å². The largest absolute Gasteiger partial charge is 0.313 e. The zero-order valence-corrected chi connectivity index (χ0v) is 10.7. The first-order chi connectivity index (χ1) is 7.90. The summed E-state index contributed by atoms with van der Waals surface area (Å²) in [4.78, 5) is 4.40. The van der Waals surface area contributed by atoms with E-state index in [-0.39, 0.29) is 0 Å². The van der Waals surface area contributed by atoms with Crippen LogP contribution < -0.4 is 5.32 Å². The Morgan fingerprint density at radius 1 is 1.38 bits per heavy atom. The molecular weight excluding hydrogens is 216 g/mol. The molecule has 3 heteroatoms. The van der Waals surface area contributed by atoms with Gasteiger partial charge in [0.05, 0.1) is 5.03 Å². The van der Waals surface area contributed by atoms with E-state index in [1.54, 1.807) is 0 Å². The fourth-order valence-corrected chi connectivity index (χ4v) is 3.58. The average Bonchev–Trinajstić information content (AvgIpc) is 2.33. The summed E-state index contributed by atoms with van der Waals surface area (Å²) in [6, 6.07) is 6.83. The predicted molar refractivity (Wildman–Crippen MR) is 69.8 cm³/mol. The Hall–Kier alpha value is -0.540. The van der Waals surface area contributed by atoms with Crippen LogP contribution in [-0.2, 0) is 0 Å². The van der Waals surface area contributed by atoms with Crippen LogP contribution in [0.3, 0.4) is 0 Å². The van der Waals surface area contributed by atoms with Gasteiger partial charge in [-0.05, 0) is 31.5 Å². The number of hydrogen-bond acceptors (Lipinski definition) is 3. The predicted octanol–water partition coefficient (Wildman–Crippen LogP) is 3.09. The number of rotatable bonds is 4. The van der Waals surface area contributed by atoms with Crippen molar-refractivity contribution < 1.29 is 0 Å². The number of aromatic nitrogens is 1. The van der Waals surface area contributed by atoms with Crippen LogP contribution in [0.4, 0.5) is 0 Å². The molecule has 1 N–H and O–H groups in total. The highest BCUT2D eigenvalue weighted by molar-refractivity contribution is 7.99. The standard InChI is InChI=1S/C13H20N2S/c1-2-14-11-7-3-4-8-12(11)16-13-9-5-6-10-15-13/h5-6,9-12,14H,2-4,7-8H2,1H3. The van der Waals surface area contributed by atoms with Crippen LogP contribution >= 0.6 is 11.8 Å². The van der Waals surface area contributed by atoms with Gasteiger partial charge in [-0.25, -0.2) is 4.98 Å². The van der Waals surface area contributed by atoms with Crippen LogP contribution in [0.2, 0.25) is 0 Å². The van der Waals surface area contributed by atoms with Gasteiger partial charge in [0.2, 0.25) is 0 Å². The van der Waals surface area contributed by atoms with Crippen LogP contribution in [0.15, 0.2) is 29.4 Å². The number of pyridine rings is 1. The molecule has 88 valence electrons. The molecule has 1 aromatic rings. The van der Waals surface area contributed by atoms with Gasteiger partial charge in [-0.2, -0.15) is 0 Å². The molecule has 1 aromatic heterocycles. The second kappa shape index (κ2) is 6.26. The Bertz CT molecular complexity index is 300. The number of hydrogen-bond donors (Lipinski definition) is 1. The number of thioether (sulfide) groups is 1. The van der Waals surface area contributed by atoms with E-state index < -0.39 is 0 Å². The molecule has 1 aliphatic rings. The molecule has 1 heterocycles. The minimum absolute atomic E-state index is 0.672. The Morgan fingerprint density at radius 2 is 2.25 bits per heavy atom. The Morgan fingerprint density at radius 3 is 3.00 bits per heavy atom. The molecule has 0 amide bonds. The maximum atomic E-state index is 4.40. The van der Waals surface area contributed by atoms with E-state index in [2.05, 4.69) is 29.4 Å². The van der Waals surface area contributed by atoms with Crippen LogP contribution in [0.1, 0.15) is 32.6 Å². The lowest BCUT2D eigenvalue weighted by atomic mass is 9.95.